The maximum absolute atomic E-state index is 13.9. The van der Waals surface area contributed by atoms with Gasteiger partial charge < -0.3 is 20.4 Å². The van der Waals surface area contributed by atoms with Crippen LogP contribution in [0, 0.1) is 5.82 Å². The number of benzene rings is 1. The number of urea groups is 1. The minimum atomic E-state index is -0.287. The molecule has 0 radical (unpaired) electrons. The molecule has 3 aliphatic rings. The maximum Gasteiger partial charge on any atom is 0.317 e. The van der Waals surface area contributed by atoms with Crippen LogP contribution in [-0.4, -0.2) is 60.5 Å². The molecule has 1 aromatic carbocycles. The van der Waals surface area contributed by atoms with Gasteiger partial charge >= 0.3 is 6.03 Å². The third-order valence-corrected chi connectivity index (χ3v) is 6.94. The number of piperidine rings is 1. The highest BCUT2D eigenvalue weighted by Crippen LogP contribution is 2.21. The standard InChI is InChI=1S/C27H35FN4O2/c28-23-10-6-9-22(20-23)25(30-27(34)32-14-4-5-15-32)13-18-31-16-11-24(12-17-31)29-26(33)19-21-7-2-1-3-8-21/h1,6,9-10,20,24-25H,2,4-5,7,11-19H2,(H,29,33)(H,30,34). The van der Waals surface area contributed by atoms with Crippen molar-refractivity contribution >= 4 is 11.9 Å². The van der Waals surface area contributed by atoms with Gasteiger partial charge in [0.1, 0.15) is 5.82 Å². The number of halogens is 1. The van der Waals surface area contributed by atoms with Gasteiger partial charge in [0, 0.05) is 38.8 Å². The molecule has 6 nitrogen and oxygen atoms in total. The Morgan fingerprint density at radius 2 is 1.94 bits per heavy atom. The highest BCUT2D eigenvalue weighted by atomic mass is 19.1. The summed E-state index contributed by atoms with van der Waals surface area (Å²) in [7, 11) is 0. The normalized spacial score (nSPS) is 19.7. The molecule has 1 aromatic rings. The monoisotopic (exact) mass is 466 g/mol. The van der Waals surface area contributed by atoms with Crippen LogP contribution in [0.1, 0.15) is 63.0 Å². The Morgan fingerprint density at radius 3 is 2.65 bits per heavy atom. The van der Waals surface area contributed by atoms with Crippen molar-refractivity contribution in [1.82, 2.24) is 20.4 Å². The molecular weight excluding hydrogens is 431 g/mol. The number of nitrogens with zero attached hydrogens (tertiary/aromatic N) is 2. The highest BCUT2D eigenvalue weighted by molar-refractivity contribution is 5.78. The van der Waals surface area contributed by atoms with E-state index in [1.807, 2.05) is 17.0 Å². The quantitative estimate of drug-likeness (QED) is 0.568. The average molecular weight is 467 g/mol. The number of hydrogen-bond acceptors (Lipinski definition) is 3. The summed E-state index contributed by atoms with van der Waals surface area (Å²) in [6.07, 6.45) is 8.79. The summed E-state index contributed by atoms with van der Waals surface area (Å²) in [5, 5.41) is 6.31. The number of nitrogens with one attached hydrogen (secondary N) is 2. The first-order valence-corrected chi connectivity index (χ1v) is 12.6. The number of carbonyl (C=O) groups excluding carboxylic acids is 2. The first-order valence-electron chi connectivity index (χ1n) is 12.6. The van der Waals surface area contributed by atoms with Crippen molar-refractivity contribution in [3.8, 4) is 0 Å². The third-order valence-electron chi connectivity index (χ3n) is 6.94. The van der Waals surface area contributed by atoms with E-state index in [0.29, 0.717) is 12.8 Å². The topological polar surface area (TPSA) is 64.7 Å². The largest absolute Gasteiger partial charge is 0.353 e. The second-order valence-corrected chi connectivity index (χ2v) is 9.52. The van der Waals surface area contributed by atoms with Crippen LogP contribution in [0.4, 0.5) is 9.18 Å². The number of likely N-dealkylation sites (tertiary alicyclic amines) is 2. The van der Waals surface area contributed by atoms with E-state index >= 15 is 0 Å². The fourth-order valence-electron chi connectivity index (χ4n) is 4.96. The van der Waals surface area contributed by atoms with Crippen LogP contribution in [0.5, 0.6) is 0 Å². The number of rotatable bonds is 8. The molecule has 34 heavy (non-hydrogen) atoms. The first-order chi connectivity index (χ1) is 16.6. The Bertz CT molecular complexity index is 967. The molecular formula is C27H35FN4O2. The Labute approximate surface area is 201 Å². The van der Waals surface area contributed by atoms with Crippen molar-refractivity contribution in [3.05, 3.63) is 58.8 Å². The number of allylic oxidation sites excluding steroid dienone is 1. The SMILES string of the molecule is O=C(CC1=C=C=CCC1)NC1CCN(CCC(NC(=O)N2CCCC2)c2cccc(F)c2)CC1. The zero-order valence-corrected chi connectivity index (χ0v) is 19.8. The summed E-state index contributed by atoms with van der Waals surface area (Å²) >= 11 is 0. The Kier molecular flexibility index (Phi) is 8.59. The van der Waals surface area contributed by atoms with Crippen LogP contribution in [0.25, 0.3) is 0 Å². The molecule has 1 unspecified atom stereocenters. The summed E-state index contributed by atoms with van der Waals surface area (Å²) < 4.78 is 13.9. The lowest BCUT2D eigenvalue weighted by Crippen LogP contribution is -2.45. The summed E-state index contributed by atoms with van der Waals surface area (Å²) in [6.45, 7) is 4.17. The van der Waals surface area contributed by atoms with Crippen molar-refractivity contribution in [1.29, 1.82) is 0 Å². The number of hydrogen-bond donors (Lipinski definition) is 2. The van der Waals surface area contributed by atoms with Gasteiger partial charge in [0.15, 0.2) is 0 Å². The van der Waals surface area contributed by atoms with Crippen molar-refractivity contribution < 1.29 is 14.0 Å². The van der Waals surface area contributed by atoms with Gasteiger partial charge in [-0.15, -0.1) is 0 Å². The molecule has 1 aliphatic carbocycles. The van der Waals surface area contributed by atoms with E-state index in [9.17, 15) is 14.0 Å². The molecule has 0 aromatic heterocycles. The Balaban J connectivity index is 1.25. The summed E-state index contributed by atoms with van der Waals surface area (Å²) in [5.41, 5.74) is 7.85. The molecule has 1 atom stereocenters. The molecule has 2 N–H and O–H groups in total. The minimum absolute atomic E-state index is 0.0633. The predicted molar refractivity (Wildman–Crippen MR) is 130 cm³/mol. The second-order valence-electron chi connectivity index (χ2n) is 9.52. The lowest BCUT2D eigenvalue weighted by Gasteiger charge is -2.33. The molecule has 182 valence electrons. The van der Waals surface area contributed by atoms with Crippen LogP contribution >= 0.6 is 0 Å². The number of amides is 3. The van der Waals surface area contributed by atoms with Crippen molar-refractivity contribution in [3.63, 3.8) is 0 Å². The third kappa shape index (κ3) is 7.07. The van der Waals surface area contributed by atoms with Gasteiger partial charge in [-0.2, -0.15) is 0 Å². The summed E-state index contributed by atoms with van der Waals surface area (Å²) in [4.78, 5) is 29.3. The Morgan fingerprint density at radius 1 is 1.15 bits per heavy atom. The van der Waals surface area contributed by atoms with Gasteiger partial charge in [0.2, 0.25) is 5.91 Å². The smallest absolute Gasteiger partial charge is 0.317 e. The van der Waals surface area contributed by atoms with E-state index in [2.05, 4.69) is 27.0 Å². The molecule has 3 amide bonds. The number of carbonyl (C=O) groups is 2. The molecule has 0 spiro atoms. The fraction of sp³-hybridized carbons (Fsp3) is 0.556. The predicted octanol–water partition coefficient (Wildman–Crippen LogP) is 4.06. The van der Waals surface area contributed by atoms with Gasteiger partial charge in [0.25, 0.3) is 0 Å². The second kappa shape index (κ2) is 12.0. The van der Waals surface area contributed by atoms with E-state index in [-0.39, 0.29) is 29.8 Å². The lowest BCUT2D eigenvalue weighted by molar-refractivity contribution is -0.121. The van der Waals surface area contributed by atoms with Gasteiger partial charge in [-0.25, -0.2) is 9.18 Å². The van der Waals surface area contributed by atoms with Crippen LogP contribution in [0.15, 0.2) is 47.4 Å². The summed E-state index contributed by atoms with van der Waals surface area (Å²) in [5.74, 6) is -0.217. The molecule has 0 bridgehead atoms. The molecule has 2 aliphatic heterocycles. The van der Waals surface area contributed by atoms with Crippen LogP contribution in [0.3, 0.4) is 0 Å². The zero-order chi connectivity index (χ0) is 23.8. The molecule has 2 heterocycles. The van der Waals surface area contributed by atoms with E-state index in [1.54, 1.807) is 6.07 Å². The van der Waals surface area contributed by atoms with Crippen molar-refractivity contribution in [2.24, 2.45) is 0 Å². The van der Waals surface area contributed by atoms with E-state index in [4.69, 9.17) is 0 Å². The Hall–Kier alpha value is -2.85. The minimum Gasteiger partial charge on any atom is -0.353 e. The van der Waals surface area contributed by atoms with Crippen LogP contribution < -0.4 is 10.6 Å². The van der Waals surface area contributed by atoms with Crippen molar-refractivity contribution in [2.45, 2.75) is 63.5 Å². The molecule has 4 rings (SSSR count). The lowest BCUT2D eigenvalue weighted by atomic mass is 10.0. The summed E-state index contributed by atoms with van der Waals surface area (Å²) in [6, 6.07) is 6.43. The van der Waals surface area contributed by atoms with Gasteiger partial charge in [-0.1, -0.05) is 23.6 Å². The molecule has 7 heteroatoms. The average Bonchev–Trinajstić information content (AvgIpc) is 3.38. The van der Waals surface area contributed by atoms with Crippen LogP contribution in [-0.2, 0) is 4.79 Å². The molecule has 2 fully saturated rings. The van der Waals surface area contributed by atoms with Gasteiger partial charge in [0.05, 0.1) is 12.5 Å². The fourth-order valence-corrected chi connectivity index (χ4v) is 4.96. The van der Waals surface area contributed by atoms with Gasteiger partial charge in [-0.05, 0) is 74.3 Å². The zero-order valence-electron chi connectivity index (χ0n) is 19.8. The van der Waals surface area contributed by atoms with E-state index in [1.165, 1.54) is 12.1 Å². The van der Waals surface area contributed by atoms with E-state index < -0.39 is 0 Å². The van der Waals surface area contributed by atoms with Gasteiger partial charge in [-0.3, -0.25) is 4.79 Å². The molecule has 2 saturated heterocycles. The first kappa shape index (κ1) is 24.3. The highest BCUT2D eigenvalue weighted by Gasteiger charge is 2.25. The van der Waals surface area contributed by atoms with E-state index in [0.717, 1.165) is 82.4 Å². The van der Waals surface area contributed by atoms with Crippen LogP contribution in [0.2, 0.25) is 0 Å². The van der Waals surface area contributed by atoms with Crippen molar-refractivity contribution in [2.75, 3.05) is 32.7 Å². The molecule has 0 saturated carbocycles. The maximum atomic E-state index is 13.9.